The van der Waals surface area contributed by atoms with E-state index in [0.29, 0.717) is 5.82 Å². The van der Waals surface area contributed by atoms with Crippen LogP contribution in [-0.2, 0) is 0 Å². The summed E-state index contributed by atoms with van der Waals surface area (Å²) in [6.45, 7) is 0. The van der Waals surface area contributed by atoms with E-state index in [1.165, 1.54) is 54.1 Å². The van der Waals surface area contributed by atoms with Gasteiger partial charge in [0.2, 0.25) is 0 Å². The summed E-state index contributed by atoms with van der Waals surface area (Å²) >= 11 is 0. The van der Waals surface area contributed by atoms with Crippen molar-refractivity contribution in [3.63, 3.8) is 0 Å². The van der Waals surface area contributed by atoms with Crippen LogP contribution in [0.25, 0.3) is 105 Å². The predicted molar refractivity (Wildman–Crippen MR) is 231 cm³/mol. The van der Waals surface area contributed by atoms with Gasteiger partial charge in [-0.3, -0.25) is 0 Å². The van der Waals surface area contributed by atoms with Crippen LogP contribution >= 0.6 is 0 Å². The number of rotatable bonds is 5. The number of nitrogens with zero attached hydrogens (tertiary/aromatic N) is 3. The van der Waals surface area contributed by atoms with Crippen LogP contribution in [0, 0.1) is 0 Å². The molecular weight excluding hydrogens is 667 g/mol. The van der Waals surface area contributed by atoms with Crippen LogP contribution in [0.3, 0.4) is 0 Å². The van der Waals surface area contributed by atoms with Gasteiger partial charge < -0.3 is 4.57 Å². The van der Waals surface area contributed by atoms with Gasteiger partial charge in [0, 0.05) is 33.2 Å². The van der Waals surface area contributed by atoms with E-state index in [2.05, 4.69) is 199 Å². The molecule has 0 aliphatic rings. The standard InChI is InChI=1S/C52H33N3/c1-3-15-35(16-4-1)52-53-46(33-47(54-52)51-43-23-10-8-17-38(43)31-40-27-26-34-14-7-9-22-42(34)50(40)51)39-19-13-18-36(30-39)37-28-29-45-44-24-11-12-25-48(44)55(49(45)32-37)41-20-5-2-6-21-41/h1-33H. The second-order valence-electron chi connectivity index (χ2n) is 14.2. The van der Waals surface area contributed by atoms with Crippen molar-refractivity contribution >= 4 is 54.1 Å². The number of hydrogen-bond donors (Lipinski definition) is 0. The maximum absolute atomic E-state index is 5.37. The van der Waals surface area contributed by atoms with E-state index >= 15 is 0 Å². The van der Waals surface area contributed by atoms with Crippen LogP contribution in [0.15, 0.2) is 200 Å². The molecule has 0 aliphatic heterocycles. The Labute approximate surface area is 318 Å². The predicted octanol–water partition coefficient (Wildman–Crippen LogP) is 13.7. The average molecular weight is 700 g/mol. The molecular formula is C52H33N3. The Morgan fingerprint density at radius 3 is 1.80 bits per heavy atom. The molecule has 0 atom stereocenters. The summed E-state index contributed by atoms with van der Waals surface area (Å²) in [4.78, 5) is 10.6. The lowest BCUT2D eigenvalue weighted by molar-refractivity contribution is 1.18. The molecule has 0 bridgehead atoms. The number of aromatic nitrogens is 3. The van der Waals surface area contributed by atoms with Crippen LogP contribution in [-0.4, -0.2) is 14.5 Å². The largest absolute Gasteiger partial charge is 0.309 e. The highest BCUT2D eigenvalue weighted by atomic mass is 15.0. The van der Waals surface area contributed by atoms with Crippen LogP contribution in [0.4, 0.5) is 0 Å². The van der Waals surface area contributed by atoms with Gasteiger partial charge in [-0.1, -0.05) is 158 Å². The summed E-state index contributed by atoms with van der Waals surface area (Å²) in [6, 6.07) is 71.5. The highest BCUT2D eigenvalue weighted by Crippen LogP contribution is 2.42. The molecule has 0 amide bonds. The summed E-state index contributed by atoms with van der Waals surface area (Å²) in [6.07, 6.45) is 0. The molecule has 0 radical (unpaired) electrons. The number of benzene rings is 9. The van der Waals surface area contributed by atoms with Crippen molar-refractivity contribution in [2.45, 2.75) is 0 Å². The SMILES string of the molecule is c1ccc(-c2nc(-c3cccc(-c4ccc5c6ccccc6n(-c6ccccc6)c5c4)c3)cc(-c3c4ccccc4cc4ccc5ccccc5c34)n2)cc1. The zero-order valence-electron chi connectivity index (χ0n) is 29.9. The van der Waals surface area contributed by atoms with E-state index < -0.39 is 0 Å². The second kappa shape index (κ2) is 12.6. The lowest BCUT2D eigenvalue weighted by atomic mass is 9.90. The summed E-state index contributed by atoms with van der Waals surface area (Å²) in [7, 11) is 0. The van der Waals surface area contributed by atoms with Crippen molar-refractivity contribution in [3.8, 4) is 50.7 Å². The fourth-order valence-corrected chi connectivity index (χ4v) is 8.41. The van der Waals surface area contributed by atoms with Crippen molar-refractivity contribution in [2.24, 2.45) is 0 Å². The molecule has 11 rings (SSSR count). The first kappa shape index (κ1) is 31.2. The van der Waals surface area contributed by atoms with Crippen LogP contribution < -0.4 is 0 Å². The van der Waals surface area contributed by atoms with Crippen LogP contribution in [0.2, 0.25) is 0 Å². The summed E-state index contributed by atoms with van der Waals surface area (Å²) in [5.74, 6) is 0.702. The average Bonchev–Trinajstić information content (AvgIpc) is 3.59. The summed E-state index contributed by atoms with van der Waals surface area (Å²) in [5.41, 5.74) is 10.7. The van der Waals surface area contributed by atoms with Crippen molar-refractivity contribution in [2.75, 3.05) is 0 Å². The summed E-state index contributed by atoms with van der Waals surface area (Å²) in [5, 5.41) is 9.67. The van der Waals surface area contributed by atoms with Gasteiger partial charge in [0.1, 0.15) is 0 Å². The molecule has 0 N–H and O–H groups in total. The van der Waals surface area contributed by atoms with Crippen molar-refractivity contribution < 1.29 is 0 Å². The smallest absolute Gasteiger partial charge is 0.160 e. The van der Waals surface area contributed by atoms with Crippen LogP contribution in [0.1, 0.15) is 0 Å². The Balaban J connectivity index is 1.14. The molecule has 0 saturated heterocycles. The fourth-order valence-electron chi connectivity index (χ4n) is 8.41. The molecule has 0 saturated carbocycles. The highest BCUT2D eigenvalue weighted by molar-refractivity contribution is 6.21. The van der Waals surface area contributed by atoms with Crippen LogP contribution in [0.5, 0.6) is 0 Å². The summed E-state index contributed by atoms with van der Waals surface area (Å²) < 4.78 is 2.37. The molecule has 0 spiro atoms. The second-order valence-corrected chi connectivity index (χ2v) is 14.2. The van der Waals surface area contributed by atoms with Gasteiger partial charge in [-0.05, 0) is 85.9 Å². The van der Waals surface area contributed by atoms with E-state index in [9.17, 15) is 0 Å². The van der Waals surface area contributed by atoms with Crippen molar-refractivity contribution in [1.29, 1.82) is 0 Å². The van der Waals surface area contributed by atoms with Gasteiger partial charge in [-0.2, -0.15) is 0 Å². The molecule has 3 nitrogen and oxygen atoms in total. The molecule has 256 valence electrons. The van der Waals surface area contributed by atoms with Gasteiger partial charge >= 0.3 is 0 Å². The molecule has 11 aromatic rings. The van der Waals surface area contributed by atoms with E-state index in [0.717, 1.165) is 44.9 Å². The molecule has 0 unspecified atom stereocenters. The lowest BCUT2D eigenvalue weighted by Crippen LogP contribution is -1.97. The van der Waals surface area contributed by atoms with Gasteiger partial charge in [0.15, 0.2) is 5.82 Å². The normalized spacial score (nSPS) is 11.6. The Kier molecular flexibility index (Phi) is 7.17. The highest BCUT2D eigenvalue weighted by Gasteiger charge is 2.18. The number of hydrogen-bond acceptors (Lipinski definition) is 2. The monoisotopic (exact) mass is 699 g/mol. The van der Waals surface area contributed by atoms with Gasteiger partial charge in [0.05, 0.1) is 22.4 Å². The Morgan fingerprint density at radius 2 is 0.945 bits per heavy atom. The molecule has 9 aromatic carbocycles. The minimum absolute atomic E-state index is 0.702. The minimum atomic E-state index is 0.702. The topological polar surface area (TPSA) is 30.7 Å². The van der Waals surface area contributed by atoms with Crippen molar-refractivity contribution in [3.05, 3.63) is 200 Å². The molecule has 0 aliphatic carbocycles. The van der Waals surface area contributed by atoms with E-state index in [1.54, 1.807) is 0 Å². The quantitative estimate of drug-likeness (QED) is 0.132. The Morgan fingerprint density at radius 1 is 0.327 bits per heavy atom. The van der Waals surface area contributed by atoms with Gasteiger partial charge in [0.25, 0.3) is 0 Å². The first-order valence-corrected chi connectivity index (χ1v) is 18.7. The van der Waals surface area contributed by atoms with E-state index in [1.807, 2.05) is 6.07 Å². The third kappa shape index (κ3) is 5.20. The third-order valence-electron chi connectivity index (χ3n) is 10.9. The maximum atomic E-state index is 5.37. The third-order valence-corrected chi connectivity index (χ3v) is 10.9. The zero-order valence-corrected chi connectivity index (χ0v) is 29.9. The Bertz CT molecular complexity index is 3250. The first-order chi connectivity index (χ1) is 27.3. The minimum Gasteiger partial charge on any atom is -0.309 e. The molecule has 3 heteroatoms. The lowest BCUT2D eigenvalue weighted by Gasteiger charge is -2.16. The molecule has 2 heterocycles. The van der Waals surface area contributed by atoms with Crippen molar-refractivity contribution in [1.82, 2.24) is 14.5 Å². The Hall–Kier alpha value is -7.36. The first-order valence-electron chi connectivity index (χ1n) is 18.7. The molecule has 2 aromatic heterocycles. The zero-order chi connectivity index (χ0) is 36.3. The molecule has 0 fully saturated rings. The maximum Gasteiger partial charge on any atom is 0.160 e. The fraction of sp³-hybridized carbons (Fsp3) is 0. The van der Waals surface area contributed by atoms with Gasteiger partial charge in [-0.15, -0.1) is 0 Å². The van der Waals surface area contributed by atoms with Gasteiger partial charge in [-0.25, -0.2) is 9.97 Å². The number of fused-ring (bicyclic) bond motifs is 7. The van der Waals surface area contributed by atoms with E-state index in [-0.39, 0.29) is 0 Å². The number of para-hydroxylation sites is 2. The molecule has 55 heavy (non-hydrogen) atoms. The van der Waals surface area contributed by atoms with E-state index in [4.69, 9.17) is 9.97 Å².